The van der Waals surface area contributed by atoms with Gasteiger partial charge in [-0.2, -0.15) is 0 Å². The van der Waals surface area contributed by atoms with Gasteiger partial charge in [0.2, 0.25) is 0 Å². The number of nitrogens with zero attached hydrogens (tertiary/aromatic N) is 2. The molecule has 1 aromatic carbocycles. The molecule has 0 aliphatic carbocycles. The van der Waals surface area contributed by atoms with Crippen molar-refractivity contribution >= 4 is 21.6 Å². The number of pyridine rings is 1. The Morgan fingerprint density at radius 3 is 2.28 bits per heavy atom. The molecule has 0 bridgehead atoms. The molecule has 8 heteroatoms. The van der Waals surface area contributed by atoms with Gasteiger partial charge >= 0.3 is 0 Å². The lowest BCUT2D eigenvalue weighted by Crippen LogP contribution is -2.45. The third-order valence-electron chi connectivity index (χ3n) is 4.91. The zero-order chi connectivity index (χ0) is 21.2. The highest BCUT2D eigenvalue weighted by Crippen LogP contribution is 2.20. The lowest BCUT2D eigenvalue weighted by atomic mass is 10.1. The number of ether oxygens (including phenoxy) is 1. The van der Waals surface area contributed by atoms with Crippen LogP contribution in [0.1, 0.15) is 42.7 Å². The van der Waals surface area contributed by atoms with E-state index in [1.165, 1.54) is 6.26 Å². The fourth-order valence-corrected chi connectivity index (χ4v) is 4.07. The van der Waals surface area contributed by atoms with E-state index in [9.17, 15) is 13.2 Å². The SMILES string of the molecule is C[C@@H]1CN(c2ccc(C(=O)N[C@@H](C)c3ccc(S(C)(=O)=O)cc3)cn2)C[C@H](C)O1. The molecule has 1 fully saturated rings. The fraction of sp³-hybridized carbons (Fsp3) is 0.429. The van der Waals surface area contributed by atoms with Crippen LogP contribution in [0.25, 0.3) is 0 Å². The number of hydrogen-bond donors (Lipinski definition) is 1. The molecule has 0 radical (unpaired) electrons. The number of carbonyl (C=O) groups is 1. The second-order valence-corrected chi connectivity index (χ2v) is 9.62. The summed E-state index contributed by atoms with van der Waals surface area (Å²) in [4.78, 5) is 19.4. The minimum absolute atomic E-state index is 0.137. The van der Waals surface area contributed by atoms with Gasteiger partial charge in [0, 0.05) is 25.5 Å². The second-order valence-electron chi connectivity index (χ2n) is 7.60. The first kappa shape index (κ1) is 21.3. The zero-order valence-corrected chi connectivity index (χ0v) is 17.9. The molecular formula is C21H27N3O4S. The molecule has 3 atom stereocenters. The van der Waals surface area contributed by atoms with Gasteiger partial charge in [-0.1, -0.05) is 12.1 Å². The zero-order valence-electron chi connectivity index (χ0n) is 17.1. The maximum absolute atomic E-state index is 12.6. The van der Waals surface area contributed by atoms with Crippen molar-refractivity contribution in [2.75, 3.05) is 24.2 Å². The lowest BCUT2D eigenvalue weighted by Gasteiger charge is -2.36. The first-order valence-electron chi connectivity index (χ1n) is 9.61. The van der Waals surface area contributed by atoms with Gasteiger partial charge in [-0.25, -0.2) is 13.4 Å². The first-order valence-corrected chi connectivity index (χ1v) is 11.5. The summed E-state index contributed by atoms with van der Waals surface area (Å²) in [6.45, 7) is 7.46. The Labute approximate surface area is 172 Å². The minimum atomic E-state index is -3.24. The highest BCUT2D eigenvalue weighted by Gasteiger charge is 2.23. The van der Waals surface area contributed by atoms with E-state index >= 15 is 0 Å². The van der Waals surface area contributed by atoms with Gasteiger partial charge < -0.3 is 15.0 Å². The Hall–Kier alpha value is -2.45. The molecule has 2 aromatic rings. The van der Waals surface area contributed by atoms with Crippen LogP contribution in [-0.2, 0) is 14.6 Å². The van der Waals surface area contributed by atoms with E-state index in [1.54, 1.807) is 36.5 Å². The van der Waals surface area contributed by atoms with Gasteiger partial charge in [0.15, 0.2) is 9.84 Å². The van der Waals surface area contributed by atoms with Gasteiger partial charge in [0.1, 0.15) is 5.82 Å². The number of carbonyl (C=O) groups excluding carboxylic acids is 1. The summed E-state index contributed by atoms with van der Waals surface area (Å²) in [6.07, 6.45) is 3.02. The van der Waals surface area contributed by atoms with Crippen molar-refractivity contribution in [3.05, 3.63) is 53.7 Å². The maximum atomic E-state index is 12.6. The summed E-state index contributed by atoms with van der Waals surface area (Å²) in [6, 6.07) is 9.87. The average molecular weight is 418 g/mol. The Morgan fingerprint density at radius 2 is 1.76 bits per heavy atom. The van der Waals surface area contributed by atoms with Crippen molar-refractivity contribution < 1.29 is 17.9 Å². The Morgan fingerprint density at radius 1 is 1.14 bits per heavy atom. The van der Waals surface area contributed by atoms with Crippen LogP contribution in [-0.4, -0.2) is 50.9 Å². The predicted octanol–water partition coefficient (Wildman–Crippen LogP) is 2.59. The first-order chi connectivity index (χ1) is 13.6. The number of sulfone groups is 1. The van der Waals surface area contributed by atoms with Crippen molar-refractivity contribution in [1.82, 2.24) is 10.3 Å². The molecule has 1 saturated heterocycles. The van der Waals surface area contributed by atoms with E-state index in [0.29, 0.717) is 5.56 Å². The van der Waals surface area contributed by atoms with E-state index < -0.39 is 9.84 Å². The van der Waals surface area contributed by atoms with Crippen LogP contribution in [0.15, 0.2) is 47.5 Å². The molecule has 1 aromatic heterocycles. The standard InChI is InChI=1S/C21H27N3O4S/c1-14-12-24(13-15(2)28-14)20-10-7-18(11-22-20)21(25)23-16(3)17-5-8-19(9-6-17)29(4,26)27/h5-11,14-16H,12-13H2,1-4H3,(H,23,25)/t14-,15+,16-/m0/s1. The number of anilines is 1. The van der Waals surface area contributed by atoms with Crippen molar-refractivity contribution in [2.24, 2.45) is 0 Å². The second kappa shape index (κ2) is 8.51. The molecule has 7 nitrogen and oxygen atoms in total. The number of aromatic nitrogens is 1. The van der Waals surface area contributed by atoms with Crippen molar-refractivity contribution in [3.8, 4) is 0 Å². The quantitative estimate of drug-likeness (QED) is 0.804. The van der Waals surface area contributed by atoms with Crippen LogP contribution in [0.3, 0.4) is 0 Å². The highest BCUT2D eigenvalue weighted by atomic mass is 32.2. The summed E-state index contributed by atoms with van der Waals surface area (Å²) >= 11 is 0. The van der Waals surface area contributed by atoms with Crippen LogP contribution in [0.4, 0.5) is 5.82 Å². The summed E-state index contributed by atoms with van der Waals surface area (Å²) in [7, 11) is -3.24. The average Bonchev–Trinajstić information content (AvgIpc) is 2.66. The normalized spacial score (nSPS) is 20.9. The molecule has 29 heavy (non-hydrogen) atoms. The Kier molecular flexibility index (Phi) is 6.24. The number of benzene rings is 1. The van der Waals surface area contributed by atoms with Gasteiger partial charge in [0.05, 0.1) is 28.7 Å². The summed E-state index contributed by atoms with van der Waals surface area (Å²) in [5.74, 6) is 0.598. The predicted molar refractivity (Wildman–Crippen MR) is 112 cm³/mol. The number of rotatable bonds is 5. The molecule has 156 valence electrons. The van der Waals surface area contributed by atoms with Gasteiger partial charge in [0.25, 0.3) is 5.91 Å². The molecular weight excluding hydrogens is 390 g/mol. The van der Waals surface area contributed by atoms with Crippen LogP contribution in [0.5, 0.6) is 0 Å². The Balaban J connectivity index is 1.64. The maximum Gasteiger partial charge on any atom is 0.253 e. The minimum Gasteiger partial charge on any atom is -0.372 e. The van der Waals surface area contributed by atoms with Gasteiger partial charge in [-0.15, -0.1) is 0 Å². The summed E-state index contributed by atoms with van der Waals surface area (Å²) in [5, 5.41) is 2.92. The Bertz CT molecular complexity index is 948. The molecule has 1 N–H and O–H groups in total. The molecule has 2 heterocycles. The molecule has 1 aliphatic heterocycles. The molecule has 0 unspecified atom stereocenters. The third-order valence-corrected chi connectivity index (χ3v) is 6.04. The monoisotopic (exact) mass is 417 g/mol. The van der Waals surface area contributed by atoms with Gasteiger partial charge in [-0.3, -0.25) is 4.79 Å². The molecule has 3 rings (SSSR count). The third kappa shape index (κ3) is 5.33. The van der Waals surface area contributed by atoms with Crippen LogP contribution in [0, 0.1) is 0 Å². The van der Waals surface area contributed by atoms with Crippen LogP contribution < -0.4 is 10.2 Å². The van der Waals surface area contributed by atoms with Crippen LogP contribution in [0.2, 0.25) is 0 Å². The smallest absolute Gasteiger partial charge is 0.253 e. The molecule has 0 spiro atoms. The van der Waals surface area contributed by atoms with Crippen molar-refractivity contribution in [2.45, 2.75) is 43.9 Å². The molecule has 1 amide bonds. The number of amides is 1. The largest absolute Gasteiger partial charge is 0.372 e. The van der Waals surface area contributed by atoms with E-state index in [4.69, 9.17) is 4.74 Å². The molecule has 1 aliphatic rings. The fourth-order valence-electron chi connectivity index (χ4n) is 3.44. The summed E-state index contributed by atoms with van der Waals surface area (Å²) in [5.41, 5.74) is 1.30. The van der Waals surface area contributed by atoms with E-state index in [2.05, 4.69) is 15.2 Å². The van der Waals surface area contributed by atoms with Crippen molar-refractivity contribution in [3.63, 3.8) is 0 Å². The number of morpholine rings is 1. The topological polar surface area (TPSA) is 88.6 Å². The number of hydrogen-bond acceptors (Lipinski definition) is 6. The molecule has 0 saturated carbocycles. The van der Waals surface area contributed by atoms with E-state index in [-0.39, 0.29) is 29.1 Å². The van der Waals surface area contributed by atoms with Crippen LogP contribution >= 0.6 is 0 Å². The van der Waals surface area contributed by atoms with Crippen molar-refractivity contribution in [1.29, 1.82) is 0 Å². The van der Waals surface area contributed by atoms with E-state index in [0.717, 1.165) is 24.5 Å². The number of nitrogens with one attached hydrogen (secondary N) is 1. The van der Waals surface area contributed by atoms with E-state index in [1.807, 2.05) is 26.8 Å². The van der Waals surface area contributed by atoms with Gasteiger partial charge in [-0.05, 0) is 50.6 Å². The lowest BCUT2D eigenvalue weighted by molar-refractivity contribution is -0.00546. The highest BCUT2D eigenvalue weighted by molar-refractivity contribution is 7.90. The summed E-state index contributed by atoms with van der Waals surface area (Å²) < 4.78 is 28.9.